The van der Waals surface area contributed by atoms with Gasteiger partial charge < -0.3 is 20.3 Å². The van der Waals surface area contributed by atoms with Crippen LogP contribution >= 0.6 is 11.8 Å². The summed E-state index contributed by atoms with van der Waals surface area (Å²) in [6.07, 6.45) is 9.79. The smallest absolute Gasteiger partial charge is 0.191 e. The third-order valence-corrected chi connectivity index (χ3v) is 7.11. The molecule has 1 aliphatic carbocycles. The molecule has 2 fully saturated rings. The molecule has 170 valence electrons. The molecule has 1 saturated heterocycles. The van der Waals surface area contributed by atoms with Gasteiger partial charge in [-0.25, -0.2) is 4.99 Å². The first-order valence-corrected chi connectivity index (χ1v) is 12.8. The average Bonchev–Trinajstić information content (AvgIpc) is 3.08. The van der Waals surface area contributed by atoms with Crippen LogP contribution in [0.3, 0.4) is 0 Å². The molecule has 0 aromatic carbocycles. The van der Waals surface area contributed by atoms with Gasteiger partial charge in [0.15, 0.2) is 11.8 Å². The highest BCUT2D eigenvalue weighted by Gasteiger charge is 2.31. The van der Waals surface area contributed by atoms with Crippen LogP contribution in [0.4, 0.5) is 0 Å². The lowest BCUT2D eigenvalue weighted by Gasteiger charge is -2.41. The fraction of sp³-hybridized carbons (Fsp3) is 0.857. The van der Waals surface area contributed by atoms with Crippen LogP contribution in [0.2, 0.25) is 0 Å². The molecule has 1 saturated carbocycles. The van der Waals surface area contributed by atoms with E-state index in [1.807, 2.05) is 30.3 Å². The number of hydrogen-bond donors (Lipinski definition) is 3. The van der Waals surface area contributed by atoms with Crippen LogP contribution in [-0.2, 0) is 13.6 Å². The zero-order valence-corrected chi connectivity index (χ0v) is 19.6. The summed E-state index contributed by atoms with van der Waals surface area (Å²) >= 11 is 1.87. The highest BCUT2D eigenvalue weighted by Crippen LogP contribution is 2.25. The van der Waals surface area contributed by atoms with E-state index in [-0.39, 0.29) is 6.10 Å². The predicted molar refractivity (Wildman–Crippen MR) is 124 cm³/mol. The Balaban J connectivity index is 1.53. The van der Waals surface area contributed by atoms with Gasteiger partial charge in [-0.05, 0) is 51.0 Å². The summed E-state index contributed by atoms with van der Waals surface area (Å²) in [5.41, 5.74) is 0. The minimum atomic E-state index is -0.145. The van der Waals surface area contributed by atoms with Gasteiger partial charge in [-0.2, -0.15) is 11.8 Å². The van der Waals surface area contributed by atoms with Crippen molar-refractivity contribution < 1.29 is 5.11 Å². The van der Waals surface area contributed by atoms with E-state index in [0.717, 1.165) is 75.1 Å². The van der Waals surface area contributed by atoms with E-state index in [2.05, 4.69) is 32.0 Å². The normalized spacial score (nSPS) is 24.2. The Morgan fingerprint density at radius 2 is 1.97 bits per heavy atom. The van der Waals surface area contributed by atoms with Gasteiger partial charge in [-0.15, -0.1) is 10.2 Å². The number of aliphatic hydroxyl groups excluding tert-OH is 1. The number of piperidine rings is 1. The molecule has 2 atom stereocenters. The maximum absolute atomic E-state index is 10.4. The van der Waals surface area contributed by atoms with Gasteiger partial charge in [0.2, 0.25) is 0 Å². The second-order valence-electron chi connectivity index (χ2n) is 8.53. The summed E-state index contributed by atoms with van der Waals surface area (Å²) in [4.78, 5) is 7.30. The van der Waals surface area contributed by atoms with Crippen molar-refractivity contribution in [3.8, 4) is 0 Å². The largest absolute Gasteiger partial charge is 0.391 e. The van der Waals surface area contributed by atoms with E-state index in [1.54, 1.807) is 0 Å². The van der Waals surface area contributed by atoms with Crippen LogP contribution in [0, 0.1) is 6.92 Å². The molecule has 8 nitrogen and oxygen atoms in total. The molecule has 9 heteroatoms. The molecule has 1 aliphatic heterocycles. The monoisotopic (exact) mass is 437 g/mol. The molecule has 2 unspecified atom stereocenters. The van der Waals surface area contributed by atoms with Gasteiger partial charge in [-0.1, -0.05) is 12.8 Å². The van der Waals surface area contributed by atoms with Crippen LogP contribution in [0.25, 0.3) is 0 Å². The van der Waals surface area contributed by atoms with Crippen molar-refractivity contribution in [3.63, 3.8) is 0 Å². The van der Waals surface area contributed by atoms with Crippen LogP contribution in [0.15, 0.2) is 4.99 Å². The first-order valence-electron chi connectivity index (χ1n) is 11.4. The van der Waals surface area contributed by atoms with E-state index in [1.165, 1.54) is 12.8 Å². The lowest BCUT2D eigenvalue weighted by Crippen LogP contribution is -2.53. The predicted octanol–water partition coefficient (Wildman–Crippen LogP) is 1.68. The summed E-state index contributed by atoms with van der Waals surface area (Å²) in [6, 6.07) is 0.770. The molecule has 3 rings (SSSR count). The minimum Gasteiger partial charge on any atom is -0.391 e. The van der Waals surface area contributed by atoms with Crippen LogP contribution < -0.4 is 10.6 Å². The molecule has 2 aliphatic rings. The van der Waals surface area contributed by atoms with Crippen molar-refractivity contribution in [2.75, 3.05) is 31.6 Å². The van der Waals surface area contributed by atoms with Gasteiger partial charge in [0, 0.05) is 38.8 Å². The molecule has 0 bridgehead atoms. The maximum atomic E-state index is 10.4. The van der Waals surface area contributed by atoms with Crippen molar-refractivity contribution in [2.45, 2.75) is 76.6 Å². The second kappa shape index (κ2) is 11.9. The number of aliphatic imine (C=N–C) groups is 1. The molecule has 30 heavy (non-hydrogen) atoms. The summed E-state index contributed by atoms with van der Waals surface area (Å²) in [5.74, 6) is 3.79. The highest BCUT2D eigenvalue weighted by atomic mass is 32.2. The maximum Gasteiger partial charge on any atom is 0.191 e. The number of nitrogens with one attached hydrogen (secondary N) is 2. The highest BCUT2D eigenvalue weighted by molar-refractivity contribution is 7.98. The van der Waals surface area contributed by atoms with Crippen molar-refractivity contribution in [1.29, 1.82) is 0 Å². The number of rotatable bonds is 8. The van der Waals surface area contributed by atoms with Crippen LogP contribution in [-0.4, -0.2) is 80.6 Å². The summed E-state index contributed by atoms with van der Waals surface area (Å²) < 4.78 is 1.99. The number of hydrogen-bond acceptors (Lipinski definition) is 6. The van der Waals surface area contributed by atoms with E-state index in [0.29, 0.717) is 18.6 Å². The Labute approximate surface area is 185 Å². The summed E-state index contributed by atoms with van der Waals surface area (Å²) in [5, 5.41) is 25.9. The number of nitrogens with zero attached hydrogens (tertiary/aromatic N) is 5. The number of aromatic nitrogens is 3. The van der Waals surface area contributed by atoms with Crippen molar-refractivity contribution >= 4 is 17.7 Å². The quantitative estimate of drug-likeness (QED) is 0.324. The molecule has 0 spiro atoms. The molecule has 0 amide bonds. The fourth-order valence-corrected chi connectivity index (χ4v) is 4.83. The Morgan fingerprint density at radius 1 is 1.20 bits per heavy atom. The lowest BCUT2D eigenvalue weighted by molar-refractivity contribution is 0.00810. The number of thioether (sulfide) groups is 1. The second-order valence-corrected chi connectivity index (χ2v) is 9.52. The van der Waals surface area contributed by atoms with Gasteiger partial charge in [0.05, 0.1) is 6.10 Å². The lowest BCUT2D eigenvalue weighted by atomic mass is 9.89. The standard InChI is InChI=1S/C21H39N7OS/c1-16-25-26-20(27(16)2)15-23-21(22-11-6-14-30-3)24-17-9-12-28(13-10-17)18-7-4-5-8-19(18)29/h17-19,29H,4-15H2,1-3H3,(H2,22,23,24). The molecule has 2 heterocycles. The van der Waals surface area contributed by atoms with Crippen LogP contribution in [0.1, 0.15) is 56.6 Å². The number of likely N-dealkylation sites (tertiary alicyclic amines) is 1. The first kappa shape index (κ1) is 23.3. The Hall–Kier alpha value is -1.32. The van der Waals surface area contributed by atoms with Crippen LogP contribution in [0.5, 0.6) is 0 Å². The van der Waals surface area contributed by atoms with E-state index < -0.39 is 0 Å². The summed E-state index contributed by atoms with van der Waals surface area (Å²) in [6.45, 7) is 5.47. The summed E-state index contributed by atoms with van der Waals surface area (Å²) in [7, 11) is 1.98. The topological polar surface area (TPSA) is 90.6 Å². The third kappa shape index (κ3) is 6.59. The number of aryl methyl sites for hydroxylation is 1. The average molecular weight is 438 g/mol. The molecule has 0 radical (unpaired) electrons. The molecular weight excluding hydrogens is 398 g/mol. The van der Waals surface area contributed by atoms with E-state index in [9.17, 15) is 5.11 Å². The molecule has 3 N–H and O–H groups in total. The third-order valence-electron chi connectivity index (χ3n) is 6.41. The van der Waals surface area contributed by atoms with Crippen molar-refractivity contribution in [2.24, 2.45) is 12.0 Å². The first-order chi connectivity index (χ1) is 14.6. The SMILES string of the molecule is CSCCCNC(=NCc1nnc(C)n1C)NC1CCN(C2CCCCC2O)CC1. The molecule has 1 aromatic heterocycles. The molecule has 1 aromatic rings. The minimum absolute atomic E-state index is 0.145. The van der Waals surface area contributed by atoms with Gasteiger partial charge in [0.1, 0.15) is 12.4 Å². The number of guanidine groups is 1. The van der Waals surface area contributed by atoms with E-state index >= 15 is 0 Å². The van der Waals surface area contributed by atoms with E-state index in [4.69, 9.17) is 4.99 Å². The Bertz CT molecular complexity index is 672. The van der Waals surface area contributed by atoms with Gasteiger partial charge in [-0.3, -0.25) is 4.90 Å². The van der Waals surface area contributed by atoms with Crippen molar-refractivity contribution in [3.05, 3.63) is 11.6 Å². The van der Waals surface area contributed by atoms with Crippen molar-refractivity contribution in [1.82, 2.24) is 30.3 Å². The Kier molecular flexibility index (Phi) is 9.27. The molecular formula is C21H39N7OS. The fourth-order valence-electron chi connectivity index (χ4n) is 4.40. The van der Waals surface area contributed by atoms with Gasteiger partial charge in [0.25, 0.3) is 0 Å². The zero-order valence-electron chi connectivity index (χ0n) is 18.8. The van der Waals surface area contributed by atoms with Gasteiger partial charge >= 0.3 is 0 Å². The Morgan fingerprint density at radius 3 is 2.63 bits per heavy atom. The number of aliphatic hydroxyl groups is 1. The zero-order chi connectivity index (χ0) is 21.3.